The molecule has 1 aliphatic heterocycles. The van der Waals surface area contributed by atoms with Gasteiger partial charge in [-0.25, -0.2) is 0 Å². The molecule has 0 bridgehead atoms. The Morgan fingerprint density at radius 2 is 0.688 bits per heavy atom. The van der Waals surface area contributed by atoms with Gasteiger partial charge in [0.15, 0.2) is 23.0 Å². The summed E-state index contributed by atoms with van der Waals surface area (Å²) in [4.78, 5) is 2.34. The Morgan fingerprint density at radius 1 is 0.250 bits per heavy atom. The van der Waals surface area contributed by atoms with Crippen LogP contribution in [0.1, 0.15) is 22.3 Å². The van der Waals surface area contributed by atoms with E-state index in [4.69, 9.17) is 9.47 Å². The monoisotopic (exact) mass is 817 g/mol. The van der Waals surface area contributed by atoms with Crippen molar-refractivity contribution in [2.24, 2.45) is 0 Å². The van der Waals surface area contributed by atoms with Crippen LogP contribution >= 0.6 is 0 Å². The van der Waals surface area contributed by atoms with Crippen molar-refractivity contribution in [1.29, 1.82) is 0 Å². The largest absolute Gasteiger partial charge is 0.449 e. The number of anilines is 3. The van der Waals surface area contributed by atoms with Gasteiger partial charge in [0.1, 0.15) is 0 Å². The smallest absolute Gasteiger partial charge is 0.172 e. The fraction of sp³-hybridized carbons (Fsp3) is 0.0164. The molecule has 0 aromatic heterocycles. The van der Waals surface area contributed by atoms with Gasteiger partial charge in [0.25, 0.3) is 0 Å². The molecule has 300 valence electrons. The Morgan fingerprint density at radius 3 is 1.28 bits per heavy atom. The fourth-order valence-corrected chi connectivity index (χ4v) is 10.5. The zero-order chi connectivity index (χ0) is 42.2. The standard InChI is InChI=1S/C61H39NO2/c1-4-17-40(18-5-1)43-23-16-24-46(34-43)62(48-35-44(41-19-6-2-7-20-41)33-45(36-48)42-21-8-3-9-22-42)47-31-32-57-58(37-47)64-60-39-56-52(38-59(60)63-57)51-27-12-15-30-55(51)61(56)53-28-13-10-25-49(53)50-26-11-14-29-54(50)61/h1-39H. The van der Waals surface area contributed by atoms with Gasteiger partial charge in [0.2, 0.25) is 0 Å². The minimum Gasteiger partial charge on any atom is -0.449 e. The van der Waals surface area contributed by atoms with Crippen LogP contribution in [-0.2, 0) is 5.41 Å². The predicted octanol–water partition coefficient (Wildman–Crippen LogP) is 16.4. The molecule has 13 rings (SSSR count). The second-order valence-electron chi connectivity index (χ2n) is 16.8. The molecule has 3 nitrogen and oxygen atoms in total. The van der Waals surface area contributed by atoms with Crippen LogP contribution < -0.4 is 14.4 Å². The highest BCUT2D eigenvalue weighted by Gasteiger charge is 2.52. The normalized spacial score (nSPS) is 13.1. The van der Waals surface area contributed by atoms with Crippen LogP contribution in [0.25, 0.3) is 55.6 Å². The van der Waals surface area contributed by atoms with Crippen molar-refractivity contribution in [3.05, 3.63) is 259 Å². The first kappa shape index (κ1) is 36.3. The van der Waals surface area contributed by atoms with Crippen LogP contribution in [0.3, 0.4) is 0 Å². The molecule has 10 aromatic rings. The molecule has 1 spiro atoms. The fourth-order valence-electron chi connectivity index (χ4n) is 10.5. The molecule has 0 saturated carbocycles. The molecule has 1 heterocycles. The molecular weight excluding hydrogens is 779 g/mol. The van der Waals surface area contributed by atoms with Crippen molar-refractivity contribution in [1.82, 2.24) is 0 Å². The summed E-state index contributed by atoms with van der Waals surface area (Å²) >= 11 is 0. The minimum absolute atomic E-state index is 0.486. The lowest BCUT2D eigenvalue weighted by Gasteiger charge is -2.31. The van der Waals surface area contributed by atoms with E-state index in [2.05, 4.69) is 235 Å². The van der Waals surface area contributed by atoms with E-state index >= 15 is 0 Å². The number of hydrogen-bond acceptors (Lipinski definition) is 3. The number of benzene rings is 10. The van der Waals surface area contributed by atoms with E-state index in [-0.39, 0.29) is 0 Å². The van der Waals surface area contributed by atoms with Crippen molar-refractivity contribution in [2.75, 3.05) is 4.90 Å². The van der Waals surface area contributed by atoms with Gasteiger partial charge in [0.05, 0.1) is 11.1 Å². The molecule has 0 atom stereocenters. The number of hydrogen-bond donors (Lipinski definition) is 0. The van der Waals surface area contributed by atoms with Crippen LogP contribution in [0.4, 0.5) is 17.1 Å². The summed E-state index contributed by atoms with van der Waals surface area (Å²) in [5.74, 6) is 2.75. The zero-order valence-corrected chi connectivity index (χ0v) is 34.8. The Balaban J connectivity index is 0.977. The third-order valence-electron chi connectivity index (χ3n) is 13.3. The van der Waals surface area contributed by atoms with Gasteiger partial charge in [-0.1, -0.05) is 176 Å². The van der Waals surface area contributed by atoms with Crippen molar-refractivity contribution >= 4 is 17.1 Å². The maximum Gasteiger partial charge on any atom is 0.172 e. The lowest BCUT2D eigenvalue weighted by atomic mass is 9.70. The van der Waals surface area contributed by atoms with Crippen molar-refractivity contribution in [3.8, 4) is 78.6 Å². The average Bonchev–Trinajstić information content (AvgIpc) is 3.83. The van der Waals surface area contributed by atoms with E-state index < -0.39 is 5.41 Å². The average molecular weight is 818 g/mol. The highest BCUT2D eigenvalue weighted by molar-refractivity contribution is 5.96. The highest BCUT2D eigenvalue weighted by atomic mass is 16.6. The van der Waals surface area contributed by atoms with Crippen LogP contribution in [-0.4, -0.2) is 0 Å². The third kappa shape index (κ3) is 5.54. The molecule has 2 aliphatic carbocycles. The van der Waals surface area contributed by atoms with Crippen LogP contribution in [0.15, 0.2) is 237 Å². The number of ether oxygens (including phenoxy) is 2. The Labute approximate surface area is 372 Å². The van der Waals surface area contributed by atoms with E-state index in [0.717, 1.165) is 50.4 Å². The molecule has 0 N–H and O–H groups in total. The Kier molecular flexibility index (Phi) is 8.13. The summed E-state index contributed by atoms with van der Waals surface area (Å²) in [6, 6.07) is 84.9. The summed E-state index contributed by atoms with van der Waals surface area (Å²) in [6.07, 6.45) is 0. The molecule has 10 aromatic carbocycles. The van der Waals surface area contributed by atoms with E-state index in [1.165, 1.54) is 44.5 Å². The molecular formula is C61H39NO2. The summed E-state index contributed by atoms with van der Waals surface area (Å²) in [5.41, 5.74) is 19.4. The molecule has 0 fully saturated rings. The van der Waals surface area contributed by atoms with E-state index in [0.29, 0.717) is 23.0 Å². The zero-order valence-electron chi connectivity index (χ0n) is 34.8. The summed E-state index contributed by atoms with van der Waals surface area (Å²) in [7, 11) is 0. The quantitative estimate of drug-likeness (QED) is 0.167. The topological polar surface area (TPSA) is 21.7 Å². The van der Waals surface area contributed by atoms with Crippen LogP contribution in [0.5, 0.6) is 23.0 Å². The molecule has 3 aliphatic rings. The van der Waals surface area contributed by atoms with Crippen LogP contribution in [0, 0.1) is 0 Å². The summed E-state index contributed by atoms with van der Waals surface area (Å²) in [6.45, 7) is 0. The maximum absolute atomic E-state index is 7.07. The maximum atomic E-state index is 7.07. The van der Waals surface area contributed by atoms with Gasteiger partial charge in [-0.15, -0.1) is 0 Å². The number of fused-ring (bicyclic) bond motifs is 12. The van der Waals surface area contributed by atoms with Crippen molar-refractivity contribution in [2.45, 2.75) is 5.41 Å². The van der Waals surface area contributed by atoms with E-state index in [1.807, 2.05) is 6.07 Å². The van der Waals surface area contributed by atoms with Gasteiger partial charge in [-0.2, -0.15) is 0 Å². The van der Waals surface area contributed by atoms with Gasteiger partial charge in [-0.3, -0.25) is 0 Å². The summed E-state index contributed by atoms with van der Waals surface area (Å²) in [5, 5.41) is 0. The van der Waals surface area contributed by atoms with E-state index in [9.17, 15) is 0 Å². The number of rotatable bonds is 6. The Hall–Kier alpha value is -8.40. The predicted molar refractivity (Wildman–Crippen MR) is 260 cm³/mol. The van der Waals surface area contributed by atoms with Crippen molar-refractivity contribution < 1.29 is 9.47 Å². The van der Waals surface area contributed by atoms with Gasteiger partial charge >= 0.3 is 0 Å². The van der Waals surface area contributed by atoms with Gasteiger partial charge in [0, 0.05) is 17.4 Å². The molecule has 64 heavy (non-hydrogen) atoms. The van der Waals surface area contributed by atoms with Gasteiger partial charge in [-0.05, 0) is 132 Å². The third-order valence-corrected chi connectivity index (χ3v) is 13.3. The van der Waals surface area contributed by atoms with Gasteiger partial charge < -0.3 is 14.4 Å². The number of nitrogens with zero attached hydrogens (tertiary/aromatic N) is 1. The first-order valence-corrected chi connectivity index (χ1v) is 21.9. The first-order chi connectivity index (χ1) is 31.7. The highest BCUT2D eigenvalue weighted by Crippen LogP contribution is 2.64. The molecule has 0 radical (unpaired) electrons. The minimum atomic E-state index is -0.486. The second-order valence-corrected chi connectivity index (χ2v) is 16.8. The molecule has 3 heteroatoms. The Bertz CT molecular complexity index is 3350. The SMILES string of the molecule is c1ccc(-c2cccc(N(c3cc(-c4ccccc4)cc(-c4ccccc4)c3)c3ccc4c(c3)Oc3cc5c(cc3O4)-c3ccccc3C53c4ccccc4-c4ccccc43)c2)cc1. The molecule has 0 saturated heterocycles. The lowest BCUT2D eigenvalue weighted by Crippen LogP contribution is -2.25. The van der Waals surface area contributed by atoms with Crippen molar-refractivity contribution in [3.63, 3.8) is 0 Å². The summed E-state index contributed by atoms with van der Waals surface area (Å²) < 4.78 is 13.9. The molecule has 0 unspecified atom stereocenters. The second kappa shape index (κ2) is 14.3. The lowest BCUT2D eigenvalue weighted by molar-refractivity contribution is 0.359. The molecule has 0 amide bonds. The van der Waals surface area contributed by atoms with E-state index in [1.54, 1.807) is 0 Å². The van der Waals surface area contributed by atoms with Crippen LogP contribution in [0.2, 0.25) is 0 Å². The first-order valence-electron chi connectivity index (χ1n) is 21.9.